The van der Waals surface area contributed by atoms with Crippen molar-refractivity contribution in [3.63, 3.8) is 0 Å². The smallest absolute Gasteiger partial charge is 0.0591 e. The lowest BCUT2D eigenvalue weighted by Gasteiger charge is -2.25. The van der Waals surface area contributed by atoms with Gasteiger partial charge in [-0.15, -0.1) is 0 Å². The Morgan fingerprint density at radius 3 is 2.20 bits per heavy atom. The maximum absolute atomic E-state index is 9.60. The highest BCUT2D eigenvalue weighted by molar-refractivity contribution is 4.81. The topological polar surface area (TPSA) is 20.2 Å². The summed E-state index contributed by atoms with van der Waals surface area (Å²) in [5.74, 6) is 0.842. The largest absolute Gasteiger partial charge is 0.393 e. The lowest BCUT2D eigenvalue weighted by Crippen LogP contribution is -2.26. The summed E-state index contributed by atoms with van der Waals surface area (Å²) >= 11 is 0. The van der Waals surface area contributed by atoms with E-state index in [0.717, 1.165) is 12.3 Å². The summed E-state index contributed by atoms with van der Waals surface area (Å²) in [4.78, 5) is 0. The van der Waals surface area contributed by atoms with Gasteiger partial charge >= 0.3 is 0 Å². The van der Waals surface area contributed by atoms with Crippen molar-refractivity contribution in [2.45, 2.75) is 46.1 Å². The molecule has 1 aliphatic carbocycles. The van der Waals surface area contributed by atoms with Crippen LogP contribution in [0.5, 0.6) is 0 Å². The predicted octanol–water partition coefficient (Wildman–Crippen LogP) is 2.19. The first kappa shape index (κ1) is 8.06. The first-order valence-electron chi connectivity index (χ1n) is 4.18. The molecule has 0 bridgehead atoms. The number of rotatable bonds is 2. The van der Waals surface area contributed by atoms with Crippen LogP contribution in [0.1, 0.15) is 40.0 Å². The van der Waals surface area contributed by atoms with E-state index in [0.29, 0.717) is 0 Å². The van der Waals surface area contributed by atoms with E-state index in [1.54, 1.807) is 0 Å². The summed E-state index contributed by atoms with van der Waals surface area (Å²) in [6, 6.07) is 0. The lowest BCUT2D eigenvalue weighted by atomic mass is 9.86. The molecule has 0 aromatic rings. The Kier molecular flexibility index (Phi) is 2.04. The summed E-state index contributed by atoms with van der Waals surface area (Å²) in [5.41, 5.74) is 0.0859. The van der Waals surface area contributed by atoms with Crippen molar-refractivity contribution in [3.05, 3.63) is 0 Å². The summed E-state index contributed by atoms with van der Waals surface area (Å²) in [6.45, 7) is 6.29. The molecule has 1 unspecified atom stereocenters. The first-order chi connectivity index (χ1) is 4.50. The molecular formula is C9H18O. The van der Waals surface area contributed by atoms with Gasteiger partial charge in [-0.05, 0) is 17.8 Å². The normalized spacial score (nSPS) is 22.8. The second kappa shape index (κ2) is 2.54. The summed E-state index contributed by atoms with van der Waals surface area (Å²) in [5, 5.41) is 9.60. The van der Waals surface area contributed by atoms with E-state index in [4.69, 9.17) is 0 Å². The molecule has 1 atom stereocenters. The van der Waals surface area contributed by atoms with E-state index in [1.165, 1.54) is 12.8 Å². The fourth-order valence-electron chi connectivity index (χ4n) is 1.02. The van der Waals surface area contributed by atoms with E-state index >= 15 is 0 Å². The molecule has 0 amide bonds. The van der Waals surface area contributed by atoms with Crippen LogP contribution in [0.15, 0.2) is 0 Å². The van der Waals surface area contributed by atoms with Crippen molar-refractivity contribution >= 4 is 0 Å². The van der Waals surface area contributed by atoms with Gasteiger partial charge in [-0.3, -0.25) is 0 Å². The van der Waals surface area contributed by atoms with Crippen molar-refractivity contribution in [1.29, 1.82) is 0 Å². The van der Waals surface area contributed by atoms with E-state index < -0.39 is 0 Å². The van der Waals surface area contributed by atoms with Gasteiger partial charge in [0.25, 0.3) is 0 Å². The molecule has 1 rings (SSSR count). The monoisotopic (exact) mass is 142 g/mol. The molecule has 0 aromatic heterocycles. The molecule has 1 nitrogen and oxygen atoms in total. The van der Waals surface area contributed by atoms with Gasteiger partial charge in [-0.25, -0.2) is 0 Å². The minimum atomic E-state index is -0.0972. The van der Waals surface area contributed by atoms with Crippen molar-refractivity contribution in [2.24, 2.45) is 11.3 Å². The van der Waals surface area contributed by atoms with E-state index in [2.05, 4.69) is 20.8 Å². The minimum Gasteiger partial charge on any atom is -0.393 e. The third-order valence-electron chi connectivity index (χ3n) is 2.25. The van der Waals surface area contributed by atoms with Gasteiger partial charge in [-0.2, -0.15) is 0 Å². The van der Waals surface area contributed by atoms with E-state index in [9.17, 15) is 5.11 Å². The summed E-state index contributed by atoms with van der Waals surface area (Å²) in [7, 11) is 0. The highest BCUT2D eigenvalue weighted by Crippen LogP contribution is 2.37. The molecule has 60 valence electrons. The van der Waals surface area contributed by atoms with Gasteiger partial charge in [0, 0.05) is 0 Å². The van der Waals surface area contributed by atoms with Gasteiger partial charge < -0.3 is 5.11 Å². The second-order valence-electron chi connectivity index (χ2n) is 4.56. The molecule has 0 saturated heterocycles. The molecule has 1 N–H and O–H groups in total. The van der Waals surface area contributed by atoms with Gasteiger partial charge in [0.15, 0.2) is 0 Å². The molecule has 10 heavy (non-hydrogen) atoms. The highest BCUT2D eigenvalue weighted by atomic mass is 16.3. The predicted molar refractivity (Wildman–Crippen MR) is 42.8 cm³/mol. The third-order valence-corrected chi connectivity index (χ3v) is 2.25. The second-order valence-corrected chi connectivity index (χ2v) is 4.56. The number of hydrogen-bond donors (Lipinski definition) is 1. The van der Waals surface area contributed by atoms with Gasteiger partial charge in [0.1, 0.15) is 0 Å². The van der Waals surface area contributed by atoms with Crippen molar-refractivity contribution < 1.29 is 5.11 Å². The van der Waals surface area contributed by atoms with Crippen LogP contribution in [-0.4, -0.2) is 11.2 Å². The Bertz CT molecular complexity index is 108. The van der Waals surface area contributed by atoms with Crippen LogP contribution >= 0.6 is 0 Å². The zero-order chi connectivity index (χ0) is 7.78. The van der Waals surface area contributed by atoms with Gasteiger partial charge in [-0.1, -0.05) is 33.6 Å². The van der Waals surface area contributed by atoms with Gasteiger partial charge in [0.2, 0.25) is 0 Å². The first-order valence-corrected chi connectivity index (χ1v) is 4.18. The Balaban J connectivity index is 2.25. The Labute approximate surface area is 63.4 Å². The number of hydrogen-bond acceptors (Lipinski definition) is 1. The van der Waals surface area contributed by atoms with Crippen LogP contribution < -0.4 is 0 Å². The molecule has 0 heterocycles. The highest BCUT2D eigenvalue weighted by Gasteiger charge is 2.30. The fourth-order valence-corrected chi connectivity index (χ4v) is 1.02. The van der Waals surface area contributed by atoms with Crippen molar-refractivity contribution in [3.8, 4) is 0 Å². The van der Waals surface area contributed by atoms with E-state index in [1.807, 2.05) is 0 Å². The summed E-state index contributed by atoms with van der Waals surface area (Å²) < 4.78 is 0. The SMILES string of the molecule is CC(C)(C)C(O)CC1CC1. The Morgan fingerprint density at radius 1 is 1.40 bits per heavy atom. The lowest BCUT2D eigenvalue weighted by molar-refractivity contribution is 0.0509. The number of aliphatic hydroxyl groups excluding tert-OH is 1. The molecule has 0 aromatic carbocycles. The molecule has 1 heteroatoms. The van der Waals surface area contributed by atoms with Crippen molar-refractivity contribution in [1.82, 2.24) is 0 Å². The molecule has 0 spiro atoms. The zero-order valence-electron chi connectivity index (χ0n) is 7.22. The molecule has 1 fully saturated rings. The van der Waals surface area contributed by atoms with Crippen LogP contribution in [0, 0.1) is 11.3 Å². The molecule has 1 saturated carbocycles. The third kappa shape index (κ3) is 2.30. The minimum absolute atomic E-state index is 0.0859. The van der Waals surface area contributed by atoms with Crippen LogP contribution in [0.3, 0.4) is 0 Å². The van der Waals surface area contributed by atoms with Crippen LogP contribution in [0.25, 0.3) is 0 Å². The Morgan fingerprint density at radius 2 is 1.90 bits per heavy atom. The summed E-state index contributed by atoms with van der Waals surface area (Å²) in [6.07, 6.45) is 3.60. The maximum atomic E-state index is 9.60. The average Bonchev–Trinajstić information content (AvgIpc) is 2.47. The van der Waals surface area contributed by atoms with Crippen LogP contribution in [-0.2, 0) is 0 Å². The van der Waals surface area contributed by atoms with Crippen LogP contribution in [0.2, 0.25) is 0 Å². The average molecular weight is 142 g/mol. The fraction of sp³-hybridized carbons (Fsp3) is 1.00. The number of aliphatic hydroxyl groups is 1. The Hall–Kier alpha value is -0.0400. The maximum Gasteiger partial charge on any atom is 0.0591 e. The standard InChI is InChI=1S/C9H18O/c1-9(2,3)8(10)6-7-4-5-7/h7-8,10H,4-6H2,1-3H3. The van der Waals surface area contributed by atoms with E-state index in [-0.39, 0.29) is 11.5 Å². The molecule has 0 radical (unpaired) electrons. The quantitative estimate of drug-likeness (QED) is 0.626. The zero-order valence-corrected chi connectivity index (χ0v) is 7.22. The van der Waals surface area contributed by atoms with Crippen molar-refractivity contribution in [2.75, 3.05) is 0 Å². The molecule has 1 aliphatic rings. The molecular weight excluding hydrogens is 124 g/mol. The molecule has 0 aliphatic heterocycles. The van der Waals surface area contributed by atoms with Gasteiger partial charge in [0.05, 0.1) is 6.10 Å². The van der Waals surface area contributed by atoms with Crippen LogP contribution in [0.4, 0.5) is 0 Å².